The van der Waals surface area contributed by atoms with Crippen LogP contribution in [-0.4, -0.2) is 40.3 Å². The zero-order chi connectivity index (χ0) is 16.8. The Hall–Kier alpha value is -2.29. The molecule has 2 aromatic rings. The first kappa shape index (κ1) is 15.6. The summed E-state index contributed by atoms with van der Waals surface area (Å²) < 4.78 is 24.9. The molecule has 0 saturated heterocycles. The highest BCUT2D eigenvalue weighted by molar-refractivity contribution is 7.90. The third-order valence-corrected chi connectivity index (χ3v) is 4.89. The van der Waals surface area contributed by atoms with Gasteiger partial charge in [-0.15, -0.1) is 0 Å². The third-order valence-electron chi connectivity index (χ3n) is 4.03. The van der Waals surface area contributed by atoms with Crippen LogP contribution >= 0.6 is 0 Å². The normalized spacial score (nSPS) is 16.0. The second-order valence-electron chi connectivity index (χ2n) is 5.68. The van der Waals surface area contributed by atoms with E-state index in [-0.39, 0.29) is 27.8 Å². The van der Waals surface area contributed by atoms with Gasteiger partial charge < -0.3 is 9.67 Å². The van der Waals surface area contributed by atoms with Gasteiger partial charge in [0.15, 0.2) is 0 Å². The van der Waals surface area contributed by atoms with Crippen molar-refractivity contribution in [2.75, 3.05) is 6.26 Å². The number of hydrogen-bond donors (Lipinski definition) is 1. The maximum atomic E-state index is 12.3. The average molecular weight is 337 g/mol. The Labute approximate surface area is 131 Å². The summed E-state index contributed by atoms with van der Waals surface area (Å²) in [7, 11) is -3.63. The number of sulfone groups is 1. The van der Waals surface area contributed by atoms with Gasteiger partial charge in [-0.1, -0.05) is 12.8 Å². The minimum Gasteiger partial charge on any atom is -0.477 e. The lowest BCUT2D eigenvalue weighted by atomic mass is 10.1. The van der Waals surface area contributed by atoms with Crippen molar-refractivity contribution >= 4 is 26.8 Å². The molecule has 122 valence electrons. The fourth-order valence-corrected chi connectivity index (χ4v) is 3.41. The number of fused-ring (bicyclic) bond motifs is 1. The van der Waals surface area contributed by atoms with E-state index in [0.29, 0.717) is 0 Å². The summed E-state index contributed by atoms with van der Waals surface area (Å²) >= 11 is 0. The molecule has 2 aromatic heterocycles. The maximum Gasteiger partial charge on any atom is 0.341 e. The van der Waals surface area contributed by atoms with Gasteiger partial charge in [0.1, 0.15) is 11.2 Å². The van der Waals surface area contributed by atoms with Crippen LogP contribution in [0.15, 0.2) is 22.3 Å². The van der Waals surface area contributed by atoms with E-state index in [2.05, 4.69) is 9.97 Å². The smallest absolute Gasteiger partial charge is 0.341 e. The lowest BCUT2D eigenvalue weighted by Crippen LogP contribution is -2.22. The van der Waals surface area contributed by atoms with Crippen LogP contribution in [0, 0.1) is 0 Å². The van der Waals surface area contributed by atoms with Crippen molar-refractivity contribution in [2.24, 2.45) is 0 Å². The highest BCUT2D eigenvalue weighted by Crippen LogP contribution is 2.31. The first-order valence-corrected chi connectivity index (χ1v) is 9.03. The Morgan fingerprint density at radius 2 is 2.00 bits per heavy atom. The van der Waals surface area contributed by atoms with Crippen LogP contribution < -0.4 is 5.43 Å². The summed E-state index contributed by atoms with van der Waals surface area (Å²) in [4.78, 5) is 31.3. The molecule has 23 heavy (non-hydrogen) atoms. The van der Waals surface area contributed by atoms with E-state index in [4.69, 9.17) is 0 Å². The number of aromatic nitrogens is 3. The first-order chi connectivity index (χ1) is 10.8. The molecular weight excluding hydrogens is 322 g/mol. The lowest BCUT2D eigenvalue weighted by molar-refractivity contribution is 0.0694. The molecule has 0 aromatic carbocycles. The Morgan fingerprint density at radius 1 is 1.35 bits per heavy atom. The SMILES string of the molecule is CS(=O)(=O)c1ncc2c(=O)c(C(=O)O)cn(C3CCCC3)c2n1. The molecule has 0 spiro atoms. The quantitative estimate of drug-likeness (QED) is 0.830. The molecule has 3 rings (SSSR count). The second kappa shape index (κ2) is 5.41. The zero-order valence-electron chi connectivity index (χ0n) is 12.4. The monoisotopic (exact) mass is 337 g/mol. The second-order valence-corrected chi connectivity index (χ2v) is 7.59. The Kier molecular flexibility index (Phi) is 3.67. The molecule has 0 atom stereocenters. The summed E-state index contributed by atoms with van der Waals surface area (Å²) in [6.07, 6.45) is 6.98. The van der Waals surface area contributed by atoms with Crippen molar-refractivity contribution < 1.29 is 18.3 Å². The molecule has 0 aliphatic heterocycles. The average Bonchev–Trinajstić information content (AvgIpc) is 3.00. The van der Waals surface area contributed by atoms with Gasteiger partial charge in [0, 0.05) is 24.7 Å². The predicted molar refractivity (Wildman–Crippen MR) is 81.4 cm³/mol. The molecule has 1 aliphatic carbocycles. The molecule has 1 saturated carbocycles. The van der Waals surface area contributed by atoms with E-state index >= 15 is 0 Å². The lowest BCUT2D eigenvalue weighted by Gasteiger charge is -2.17. The standard InChI is InChI=1S/C14H15N3O5S/c1-23(21,22)14-15-6-9-11(18)10(13(19)20)7-17(12(9)16-14)8-4-2-3-5-8/h6-8H,2-5H2,1H3,(H,19,20). The van der Waals surface area contributed by atoms with Gasteiger partial charge in [-0.2, -0.15) is 4.98 Å². The zero-order valence-corrected chi connectivity index (χ0v) is 13.2. The van der Waals surface area contributed by atoms with Gasteiger partial charge in [0.05, 0.1) is 5.39 Å². The van der Waals surface area contributed by atoms with Gasteiger partial charge in [-0.3, -0.25) is 4.79 Å². The predicted octanol–water partition coefficient (Wildman–Crippen LogP) is 1.01. The van der Waals surface area contributed by atoms with Crippen molar-refractivity contribution in [1.82, 2.24) is 14.5 Å². The van der Waals surface area contributed by atoms with Crippen molar-refractivity contribution in [3.63, 3.8) is 0 Å². The summed E-state index contributed by atoms with van der Waals surface area (Å²) in [5.41, 5.74) is -0.899. The number of pyridine rings is 1. The molecule has 0 amide bonds. The summed E-state index contributed by atoms with van der Waals surface area (Å²) in [5.74, 6) is -1.32. The van der Waals surface area contributed by atoms with Crippen molar-refractivity contribution in [3.05, 3.63) is 28.2 Å². The van der Waals surface area contributed by atoms with Gasteiger partial charge in [-0.25, -0.2) is 18.2 Å². The van der Waals surface area contributed by atoms with E-state index < -0.39 is 21.2 Å². The fraction of sp³-hybridized carbons (Fsp3) is 0.429. The molecule has 0 radical (unpaired) electrons. The topological polar surface area (TPSA) is 119 Å². The number of aromatic carboxylic acids is 1. The molecule has 8 nitrogen and oxygen atoms in total. The number of carboxylic acid groups (broad SMARTS) is 1. The van der Waals surface area contributed by atoms with Crippen LogP contribution in [0.1, 0.15) is 42.1 Å². The van der Waals surface area contributed by atoms with Crippen molar-refractivity contribution in [3.8, 4) is 0 Å². The highest BCUT2D eigenvalue weighted by Gasteiger charge is 2.24. The molecule has 0 bridgehead atoms. The van der Waals surface area contributed by atoms with Crippen LogP contribution in [0.4, 0.5) is 0 Å². The summed E-state index contributed by atoms with van der Waals surface area (Å²) in [6.45, 7) is 0. The highest BCUT2D eigenvalue weighted by atomic mass is 32.2. The molecule has 9 heteroatoms. The molecule has 2 heterocycles. The van der Waals surface area contributed by atoms with Gasteiger partial charge in [-0.05, 0) is 12.8 Å². The van der Waals surface area contributed by atoms with Crippen LogP contribution in [0.2, 0.25) is 0 Å². The van der Waals surface area contributed by atoms with E-state index in [9.17, 15) is 23.1 Å². The molecule has 0 unspecified atom stereocenters. The Balaban J connectivity index is 2.38. The molecular formula is C14H15N3O5S. The first-order valence-electron chi connectivity index (χ1n) is 7.14. The van der Waals surface area contributed by atoms with Crippen LogP contribution in [0.3, 0.4) is 0 Å². The minimum absolute atomic E-state index is 0.00138. The minimum atomic E-state index is -3.63. The van der Waals surface area contributed by atoms with Gasteiger partial charge >= 0.3 is 5.97 Å². The third kappa shape index (κ3) is 2.72. The molecule has 1 fully saturated rings. The molecule has 1 aliphatic rings. The fourth-order valence-electron chi connectivity index (χ4n) is 2.91. The summed E-state index contributed by atoms with van der Waals surface area (Å²) in [5, 5.41) is 8.87. The Bertz CT molecular complexity index is 958. The van der Waals surface area contributed by atoms with Crippen molar-refractivity contribution in [1.29, 1.82) is 0 Å². The van der Waals surface area contributed by atoms with E-state index in [1.807, 2.05) is 0 Å². The van der Waals surface area contributed by atoms with Gasteiger partial charge in [0.25, 0.3) is 0 Å². The summed E-state index contributed by atoms with van der Waals surface area (Å²) in [6, 6.07) is -0.00138. The van der Waals surface area contributed by atoms with E-state index in [0.717, 1.165) is 38.1 Å². The van der Waals surface area contributed by atoms with Crippen molar-refractivity contribution in [2.45, 2.75) is 36.9 Å². The number of rotatable bonds is 3. The van der Waals surface area contributed by atoms with Gasteiger partial charge in [0.2, 0.25) is 20.4 Å². The number of carbonyl (C=O) groups is 1. The maximum absolute atomic E-state index is 12.3. The largest absolute Gasteiger partial charge is 0.477 e. The number of carboxylic acids is 1. The van der Waals surface area contributed by atoms with Crippen LogP contribution in [0.25, 0.3) is 11.0 Å². The number of nitrogens with zero attached hydrogens (tertiary/aromatic N) is 3. The van der Waals surface area contributed by atoms with E-state index in [1.165, 1.54) is 6.20 Å². The number of hydrogen-bond acceptors (Lipinski definition) is 6. The van der Waals surface area contributed by atoms with Crippen LogP contribution in [0.5, 0.6) is 0 Å². The molecule has 1 N–H and O–H groups in total. The van der Waals surface area contributed by atoms with E-state index in [1.54, 1.807) is 4.57 Å². The van der Waals surface area contributed by atoms with Crippen LogP contribution in [-0.2, 0) is 9.84 Å². The Morgan fingerprint density at radius 3 is 2.57 bits per heavy atom.